The van der Waals surface area contributed by atoms with Gasteiger partial charge in [0.1, 0.15) is 0 Å². The minimum absolute atomic E-state index is 0.0176. The molecule has 0 atom stereocenters. The van der Waals surface area contributed by atoms with Crippen LogP contribution in [0.2, 0.25) is 0 Å². The lowest BCUT2D eigenvalue weighted by Crippen LogP contribution is -2.38. The number of hydrogen-bond acceptors (Lipinski definition) is 4. The van der Waals surface area contributed by atoms with Crippen LogP contribution in [0.4, 0.5) is 0 Å². The van der Waals surface area contributed by atoms with E-state index in [0.29, 0.717) is 19.7 Å². The van der Waals surface area contributed by atoms with E-state index in [4.69, 9.17) is 14.2 Å². The van der Waals surface area contributed by atoms with E-state index in [1.54, 1.807) is 14.2 Å². The van der Waals surface area contributed by atoms with Crippen molar-refractivity contribution in [1.29, 1.82) is 0 Å². The van der Waals surface area contributed by atoms with Crippen molar-refractivity contribution >= 4 is 5.91 Å². The monoisotopic (exact) mass is 473 g/mol. The van der Waals surface area contributed by atoms with Gasteiger partial charge in [-0.2, -0.15) is 0 Å². The van der Waals surface area contributed by atoms with E-state index in [9.17, 15) is 4.79 Å². The molecular weight excluding hydrogens is 438 g/mol. The molecule has 1 saturated carbocycles. The van der Waals surface area contributed by atoms with Crippen molar-refractivity contribution in [3.8, 4) is 11.5 Å². The van der Waals surface area contributed by atoms with E-state index in [1.165, 1.54) is 0 Å². The number of carbonyl (C=O) groups excluding carboxylic acids is 1. The summed E-state index contributed by atoms with van der Waals surface area (Å²) in [7, 11) is 3.36. The van der Waals surface area contributed by atoms with Crippen LogP contribution in [0.3, 0.4) is 0 Å². The fourth-order valence-electron chi connectivity index (χ4n) is 4.73. The molecule has 0 radical (unpaired) electrons. The second kappa shape index (κ2) is 12.4. The van der Waals surface area contributed by atoms with Gasteiger partial charge in [-0.05, 0) is 54.5 Å². The molecule has 4 rings (SSSR count). The van der Waals surface area contributed by atoms with Crippen LogP contribution in [0.15, 0.2) is 78.9 Å². The van der Waals surface area contributed by atoms with Crippen LogP contribution in [-0.4, -0.2) is 31.1 Å². The van der Waals surface area contributed by atoms with E-state index in [1.807, 2.05) is 47.4 Å². The van der Waals surface area contributed by atoms with Crippen molar-refractivity contribution in [3.63, 3.8) is 0 Å². The van der Waals surface area contributed by atoms with Crippen molar-refractivity contribution in [2.45, 2.75) is 51.5 Å². The maximum Gasteiger partial charge on any atom is 0.226 e. The molecule has 0 aliphatic heterocycles. The Morgan fingerprint density at radius 2 is 1.31 bits per heavy atom. The Morgan fingerprint density at radius 3 is 1.94 bits per heavy atom. The molecule has 0 aromatic heterocycles. The SMILES string of the molecule is COCc1ccc(CN(Cc2ccccc2)C(=O)C2CCC(Oc3ccccc3OC)CC2)cc1. The van der Waals surface area contributed by atoms with Crippen LogP contribution in [0, 0.1) is 5.92 Å². The summed E-state index contributed by atoms with van der Waals surface area (Å²) in [5.74, 6) is 1.76. The second-order valence-electron chi connectivity index (χ2n) is 9.17. The Morgan fingerprint density at radius 1 is 0.743 bits per heavy atom. The van der Waals surface area contributed by atoms with E-state index in [-0.39, 0.29) is 17.9 Å². The quantitative estimate of drug-likeness (QED) is 0.362. The van der Waals surface area contributed by atoms with Gasteiger partial charge in [-0.15, -0.1) is 0 Å². The minimum Gasteiger partial charge on any atom is -0.493 e. The Kier molecular flexibility index (Phi) is 8.79. The van der Waals surface area contributed by atoms with Crippen molar-refractivity contribution in [2.75, 3.05) is 14.2 Å². The van der Waals surface area contributed by atoms with Gasteiger partial charge in [-0.1, -0.05) is 66.7 Å². The van der Waals surface area contributed by atoms with Crippen LogP contribution in [-0.2, 0) is 29.2 Å². The summed E-state index contributed by atoms with van der Waals surface area (Å²) in [5, 5.41) is 0. The first-order valence-corrected chi connectivity index (χ1v) is 12.4. The number of methoxy groups -OCH3 is 2. The normalized spacial score (nSPS) is 17.5. The summed E-state index contributed by atoms with van der Waals surface area (Å²) in [6.45, 7) is 1.79. The van der Waals surface area contributed by atoms with Gasteiger partial charge in [-0.25, -0.2) is 0 Å². The molecule has 1 amide bonds. The topological polar surface area (TPSA) is 48.0 Å². The molecule has 3 aromatic rings. The summed E-state index contributed by atoms with van der Waals surface area (Å²) in [5.41, 5.74) is 3.40. The van der Waals surface area contributed by atoms with Crippen molar-refractivity contribution in [1.82, 2.24) is 4.90 Å². The molecule has 0 spiro atoms. The number of carbonyl (C=O) groups is 1. The lowest BCUT2D eigenvalue weighted by atomic mass is 9.86. The third-order valence-corrected chi connectivity index (χ3v) is 6.62. The van der Waals surface area contributed by atoms with Crippen LogP contribution in [0.5, 0.6) is 11.5 Å². The van der Waals surface area contributed by atoms with E-state index in [2.05, 4.69) is 36.4 Å². The summed E-state index contributed by atoms with van der Waals surface area (Å²) in [4.78, 5) is 15.7. The average Bonchev–Trinajstić information content (AvgIpc) is 2.90. The number of ether oxygens (including phenoxy) is 3. The first-order valence-electron chi connectivity index (χ1n) is 12.4. The van der Waals surface area contributed by atoms with E-state index in [0.717, 1.165) is 53.9 Å². The molecular formula is C30H35NO4. The molecule has 184 valence electrons. The van der Waals surface area contributed by atoms with E-state index < -0.39 is 0 Å². The summed E-state index contributed by atoms with van der Waals surface area (Å²) in [6, 6.07) is 26.3. The highest BCUT2D eigenvalue weighted by Crippen LogP contribution is 2.33. The Hall–Kier alpha value is -3.31. The predicted octanol–water partition coefficient (Wildman–Crippen LogP) is 6.01. The number of amides is 1. The highest BCUT2D eigenvalue weighted by molar-refractivity contribution is 5.79. The molecule has 1 aliphatic carbocycles. The van der Waals surface area contributed by atoms with Crippen LogP contribution in [0.25, 0.3) is 0 Å². The fourth-order valence-corrected chi connectivity index (χ4v) is 4.73. The number of para-hydroxylation sites is 2. The molecule has 0 heterocycles. The molecule has 35 heavy (non-hydrogen) atoms. The number of nitrogens with zero attached hydrogens (tertiary/aromatic N) is 1. The van der Waals surface area contributed by atoms with Gasteiger partial charge in [-0.3, -0.25) is 4.79 Å². The molecule has 5 nitrogen and oxygen atoms in total. The standard InChI is InChI=1S/C30H35NO4/c1-33-22-25-14-12-24(13-15-25)21-31(20-23-8-4-3-5-9-23)30(32)26-16-18-27(19-17-26)35-29-11-7-6-10-28(29)34-2/h3-15,26-27H,16-22H2,1-2H3. The summed E-state index contributed by atoms with van der Waals surface area (Å²) < 4.78 is 16.9. The van der Waals surface area contributed by atoms with Crippen LogP contribution >= 0.6 is 0 Å². The first-order chi connectivity index (χ1) is 17.2. The van der Waals surface area contributed by atoms with Crippen LogP contribution < -0.4 is 9.47 Å². The second-order valence-corrected chi connectivity index (χ2v) is 9.17. The molecule has 0 N–H and O–H groups in total. The molecule has 1 fully saturated rings. The summed E-state index contributed by atoms with van der Waals surface area (Å²) >= 11 is 0. The van der Waals surface area contributed by atoms with Crippen molar-refractivity contribution in [2.24, 2.45) is 5.92 Å². The Balaban J connectivity index is 1.41. The maximum absolute atomic E-state index is 13.7. The zero-order chi connectivity index (χ0) is 24.5. The molecule has 0 bridgehead atoms. The zero-order valence-corrected chi connectivity index (χ0v) is 20.7. The van der Waals surface area contributed by atoms with E-state index >= 15 is 0 Å². The predicted molar refractivity (Wildman–Crippen MR) is 137 cm³/mol. The lowest BCUT2D eigenvalue weighted by molar-refractivity contribution is -0.138. The van der Waals surface area contributed by atoms with Gasteiger partial charge in [0, 0.05) is 26.1 Å². The molecule has 0 saturated heterocycles. The van der Waals surface area contributed by atoms with Crippen LogP contribution in [0.1, 0.15) is 42.4 Å². The smallest absolute Gasteiger partial charge is 0.226 e. The molecule has 5 heteroatoms. The minimum atomic E-state index is 0.0176. The van der Waals surface area contributed by atoms with Gasteiger partial charge in [0.15, 0.2) is 11.5 Å². The molecule has 0 unspecified atom stereocenters. The van der Waals surface area contributed by atoms with Gasteiger partial charge >= 0.3 is 0 Å². The highest BCUT2D eigenvalue weighted by Gasteiger charge is 2.31. The molecule has 1 aliphatic rings. The largest absolute Gasteiger partial charge is 0.493 e. The van der Waals surface area contributed by atoms with Gasteiger partial charge in [0.05, 0.1) is 19.8 Å². The number of rotatable bonds is 10. The number of hydrogen-bond donors (Lipinski definition) is 0. The van der Waals surface area contributed by atoms with Crippen molar-refractivity contribution in [3.05, 3.63) is 95.6 Å². The van der Waals surface area contributed by atoms with Crippen molar-refractivity contribution < 1.29 is 19.0 Å². The van der Waals surface area contributed by atoms with Gasteiger partial charge in [0.25, 0.3) is 0 Å². The van der Waals surface area contributed by atoms with Gasteiger partial charge < -0.3 is 19.1 Å². The first kappa shape index (κ1) is 24.8. The molecule has 3 aromatic carbocycles. The fraction of sp³-hybridized carbons (Fsp3) is 0.367. The zero-order valence-electron chi connectivity index (χ0n) is 20.7. The average molecular weight is 474 g/mol. The number of benzene rings is 3. The maximum atomic E-state index is 13.7. The lowest BCUT2D eigenvalue weighted by Gasteiger charge is -2.33. The third-order valence-electron chi connectivity index (χ3n) is 6.62. The highest BCUT2D eigenvalue weighted by atomic mass is 16.5. The summed E-state index contributed by atoms with van der Waals surface area (Å²) in [6.07, 6.45) is 3.48. The Labute approximate surface area is 208 Å². The Bertz CT molecular complexity index is 1060. The van der Waals surface area contributed by atoms with Gasteiger partial charge in [0.2, 0.25) is 5.91 Å². The third kappa shape index (κ3) is 6.86.